The van der Waals surface area contributed by atoms with Crippen LogP contribution in [0.15, 0.2) is 22.8 Å². The summed E-state index contributed by atoms with van der Waals surface area (Å²) in [5, 5.41) is 16.7. The predicted molar refractivity (Wildman–Crippen MR) is 104 cm³/mol. The zero-order valence-electron chi connectivity index (χ0n) is 16.5. The molecule has 5 N–H and O–H groups in total. The number of nitrogens with zero attached hydrogens (tertiary/aromatic N) is 1. The number of hydrogen-bond donors (Lipinski definition) is 4. The second-order valence-electron chi connectivity index (χ2n) is 7.42. The van der Waals surface area contributed by atoms with E-state index in [4.69, 9.17) is 4.42 Å². The molecule has 27 heavy (non-hydrogen) atoms. The predicted octanol–water partition coefficient (Wildman–Crippen LogP) is -0.905. The molecule has 0 aliphatic carbocycles. The van der Waals surface area contributed by atoms with Gasteiger partial charge < -0.3 is 14.2 Å². The smallest absolute Gasteiger partial charge is 0.237 e. The van der Waals surface area contributed by atoms with E-state index in [1.54, 1.807) is 6.26 Å². The summed E-state index contributed by atoms with van der Waals surface area (Å²) in [6.45, 7) is 7.72. The van der Waals surface area contributed by atoms with E-state index >= 15 is 0 Å². The van der Waals surface area contributed by atoms with Crippen molar-refractivity contribution in [1.82, 2.24) is 0 Å². The van der Waals surface area contributed by atoms with Gasteiger partial charge in [-0.15, -0.1) is 0 Å². The van der Waals surface area contributed by atoms with Crippen LogP contribution in [0, 0.1) is 11.3 Å². The fraction of sp³-hybridized carbons (Fsp3) is 0.500. The number of likely N-dealkylation sites (N-methyl/N-ethyl adjacent to an activating group) is 2. The van der Waals surface area contributed by atoms with Gasteiger partial charge in [-0.1, -0.05) is 0 Å². The number of quaternary nitrogens is 2. The maximum Gasteiger partial charge on any atom is 0.237 e. The molecule has 7 nitrogen and oxygen atoms in total. The lowest BCUT2D eigenvalue weighted by Crippen LogP contribution is -3.11. The van der Waals surface area contributed by atoms with Crippen molar-refractivity contribution in [2.45, 2.75) is 26.4 Å². The van der Waals surface area contributed by atoms with Crippen LogP contribution in [0.5, 0.6) is 0 Å². The Balaban J connectivity index is 1.92. The number of fused-ring (bicyclic) bond motifs is 1. The van der Waals surface area contributed by atoms with Gasteiger partial charge >= 0.3 is 0 Å². The highest BCUT2D eigenvalue weighted by Gasteiger charge is 2.29. The summed E-state index contributed by atoms with van der Waals surface area (Å²) in [5.74, 6) is 2.70. The first-order valence-corrected chi connectivity index (χ1v) is 9.76. The molecular weight excluding hydrogens is 340 g/mol. The molecule has 1 unspecified atom stereocenters. The summed E-state index contributed by atoms with van der Waals surface area (Å²) in [6.07, 6.45) is 2.62. The molecule has 1 aliphatic rings. The van der Waals surface area contributed by atoms with Crippen molar-refractivity contribution < 1.29 is 19.2 Å². The van der Waals surface area contributed by atoms with Crippen LogP contribution in [-0.4, -0.2) is 40.3 Å². The van der Waals surface area contributed by atoms with E-state index in [0.717, 1.165) is 62.1 Å². The minimum absolute atomic E-state index is 0.616. The maximum absolute atomic E-state index is 9.82. The van der Waals surface area contributed by atoms with E-state index in [1.807, 2.05) is 12.1 Å². The average molecular weight is 372 g/mol. The Bertz CT molecular complexity index is 794. The lowest BCUT2D eigenvalue weighted by atomic mass is 9.95. The number of hydrogen-bond acceptors (Lipinski definition) is 4. The molecule has 0 saturated heterocycles. The molecule has 3 heterocycles. The SMILES string of the molecule is CC[NH+]1CCc2c(C#N)c(NCC[NH+](C)C)[nH+]c(NCc3ccco3)c2C1. The van der Waals surface area contributed by atoms with Crippen LogP contribution in [0.3, 0.4) is 0 Å². The molecule has 0 fully saturated rings. The number of nitrogens with one attached hydrogen (secondary N) is 5. The quantitative estimate of drug-likeness (QED) is 0.484. The average Bonchev–Trinajstić information content (AvgIpc) is 3.19. The van der Waals surface area contributed by atoms with Gasteiger partial charge in [0.2, 0.25) is 11.6 Å². The highest BCUT2D eigenvalue weighted by Crippen LogP contribution is 2.25. The van der Waals surface area contributed by atoms with E-state index in [0.29, 0.717) is 6.54 Å². The second-order valence-corrected chi connectivity index (χ2v) is 7.42. The summed E-state index contributed by atoms with van der Waals surface area (Å²) in [4.78, 5) is 6.38. The Kier molecular flexibility index (Phi) is 6.32. The summed E-state index contributed by atoms with van der Waals surface area (Å²) in [7, 11) is 4.25. The van der Waals surface area contributed by atoms with Gasteiger partial charge in [-0.05, 0) is 24.6 Å². The van der Waals surface area contributed by atoms with Gasteiger partial charge in [0, 0.05) is 6.42 Å². The lowest BCUT2D eigenvalue weighted by Gasteiger charge is -2.26. The zero-order chi connectivity index (χ0) is 19.2. The number of anilines is 2. The monoisotopic (exact) mass is 371 g/mol. The van der Waals surface area contributed by atoms with Crippen LogP contribution >= 0.6 is 0 Å². The highest BCUT2D eigenvalue weighted by atomic mass is 16.3. The number of pyridine rings is 1. The van der Waals surface area contributed by atoms with Gasteiger partial charge in [-0.2, -0.15) is 5.26 Å². The molecule has 0 bridgehead atoms. The minimum Gasteiger partial charge on any atom is -0.466 e. The molecule has 1 aliphatic heterocycles. The van der Waals surface area contributed by atoms with Crippen molar-refractivity contribution in [3.8, 4) is 6.07 Å². The number of nitriles is 1. The Morgan fingerprint density at radius 3 is 2.81 bits per heavy atom. The van der Waals surface area contributed by atoms with Crippen molar-refractivity contribution >= 4 is 11.6 Å². The molecular formula is C20H31N6O+3. The van der Waals surface area contributed by atoms with Crippen LogP contribution in [0.1, 0.15) is 29.4 Å². The minimum atomic E-state index is 0.616. The fourth-order valence-electron chi connectivity index (χ4n) is 3.56. The first-order valence-electron chi connectivity index (χ1n) is 9.76. The molecule has 0 amide bonds. The van der Waals surface area contributed by atoms with E-state index in [2.05, 4.69) is 42.7 Å². The third kappa shape index (κ3) is 4.59. The number of aromatic amines is 1. The van der Waals surface area contributed by atoms with E-state index in [9.17, 15) is 5.26 Å². The number of furan rings is 1. The van der Waals surface area contributed by atoms with Crippen molar-refractivity contribution in [2.24, 2.45) is 0 Å². The highest BCUT2D eigenvalue weighted by molar-refractivity contribution is 5.60. The normalized spacial score (nSPS) is 16.0. The molecule has 7 heteroatoms. The van der Waals surface area contributed by atoms with Crippen LogP contribution in [-0.2, 0) is 19.5 Å². The van der Waals surface area contributed by atoms with E-state index in [1.165, 1.54) is 20.9 Å². The Labute approximate surface area is 161 Å². The number of aromatic nitrogens is 1. The fourth-order valence-corrected chi connectivity index (χ4v) is 3.56. The van der Waals surface area contributed by atoms with Crippen molar-refractivity contribution in [2.75, 3.05) is 50.9 Å². The molecule has 144 valence electrons. The van der Waals surface area contributed by atoms with Crippen LogP contribution in [0.4, 0.5) is 11.6 Å². The molecule has 2 aromatic heterocycles. The Morgan fingerprint density at radius 1 is 1.30 bits per heavy atom. The summed E-state index contributed by atoms with van der Waals surface area (Å²) >= 11 is 0. The summed E-state index contributed by atoms with van der Waals surface area (Å²) in [6, 6.07) is 6.30. The third-order valence-corrected chi connectivity index (χ3v) is 5.18. The Hall–Kier alpha value is -2.56. The first kappa shape index (κ1) is 19.2. The Morgan fingerprint density at radius 2 is 2.15 bits per heavy atom. The molecule has 2 aromatic rings. The van der Waals surface area contributed by atoms with Gasteiger partial charge in [0.25, 0.3) is 0 Å². The van der Waals surface area contributed by atoms with Crippen molar-refractivity contribution in [3.05, 3.63) is 40.8 Å². The van der Waals surface area contributed by atoms with Crippen LogP contribution < -0.4 is 25.4 Å². The van der Waals surface area contributed by atoms with Gasteiger partial charge in [0.15, 0.2) is 0 Å². The van der Waals surface area contributed by atoms with Gasteiger partial charge in [-0.3, -0.25) is 10.6 Å². The van der Waals surface area contributed by atoms with Crippen molar-refractivity contribution in [3.63, 3.8) is 0 Å². The van der Waals surface area contributed by atoms with Crippen LogP contribution in [0.25, 0.3) is 0 Å². The van der Waals surface area contributed by atoms with Crippen molar-refractivity contribution in [1.29, 1.82) is 5.26 Å². The van der Waals surface area contributed by atoms with E-state index < -0.39 is 0 Å². The molecule has 3 rings (SSSR count). The van der Waals surface area contributed by atoms with Gasteiger partial charge in [0.1, 0.15) is 43.6 Å². The zero-order valence-corrected chi connectivity index (χ0v) is 16.5. The van der Waals surface area contributed by atoms with Gasteiger partial charge in [-0.25, -0.2) is 4.98 Å². The molecule has 0 radical (unpaired) electrons. The summed E-state index contributed by atoms with van der Waals surface area (Å²) < 4.78 is 5.46. The number of rotatable bonds is 8. The first-order chi connectivity index (χ1) is 13.1. The van der Waals surface area contributed by atoms with Crippen LogP contribution in [0.2, 0.25) is 0 Å². The van der Waals surface area contributed by atoms with Gasteiger partial charge in [0.05, 0.1) is 39.0 Å². The standard InChI is InChI=1S/C20H28N6O/c1-4-26-9-7-16-17(12-21)19(22-8-10-25(2)3)24-20(18(16)14-26)23-13-15-6-5-11-27-15/h5-6,11H,4,7-10,13-14H2,1-3H3,(H2,22,23,24)/p+3. The molecule has 0 saturated carbocycles. The maximum atomic E-state index is 9.82. The third-order valence-electron chi connectivity index (χ3n) is 5.18. The number of H-pyrrole nitrogens is 1. The molecule has 1 atom stereocenters. The molecule has 0 spiro atoms. The largest absolute Gasteiger partial charge is 0.466 e. The topological polar surface area (TPSA) is 84.0 Å². The summed E-state index contributed by atoms with van der Waals surface area (Å²) in [5.41, 5.74) is 3.16. The second kappa shape index (κ2) is 8.89. The lowest BCUT2D eigenvalue weighted by molar-refractivity contribution is -0.914. The van der Waals surface area contributed by atoms with E-state index in [-0.39, 0.29) is 0 Å². The molecule has 0 aromatic carbocycles.